The van der Waals surface area contributed by atoms with Crippen LogP contribution in [0.1, 0.15) is 22.3 Å². The molecule has 0 unspecified atom stereocenters. The van der Waals surface area contributed by atoms with Gasteiger partial charge in [-0.05, 0) is 79.9 Å². The number of nitrogens with zero attached hydrogens (tertiary/aromatic N) is 5. The number of hydrogen-bond donors (Lipinski definition) is 0. The second kappa shape index (κ2) is 13.5. The minimum Gasteiger partial charge on any atom is -0.228 e. The normalized spacial score (nSPS) is 12.8. The van der Waals surface area contributed by atoms with E-state index in [4.69, 9.17) is 20.2 Å². The Morgan fingerprint density at radius 3 is 1.75 bits per heavy atom. The van der Waals surface area contributed by atoms with Crippen molar-refractivity contribution in [1.82, 2.24) is 25.0 Å². The number of aromatic nitrogens is 5. The summed E-state index contributed by atoms with van der Waals surface area (Å²) in [6, 6.07) is 75.1. The molecule has 0 fully saturated rings. The van der Waals surface area contributed by atoms with Gasteiger partial charge in [0.2, 0.25) is 0 Å². The Hall–Kier alpha value is -8.02. The fraction of sp³-hybridized carbons (Fsp3) is 0.0182. The summed E-state index contributed by atoms with van der Waals surface area (Å²) < 4.78 is 0. The molecule has 11 aromatic rings. The molecule has 5 nitrogen and oxygen atoms in total. The van der Waals surface area contributed by atoms with E-state index in [9.17, 15) is 0 Å². The number of rotatable bonds is 6. The van der Waals surface area contributed by atoms with Gasteiger partial charge in [0, 0.05) is 22.1 Å². The Kier molecular flexibility index (Phi) is 7.69. The molecule has 280 valence electrons. The maximum atomic E-state index is 5.49. The highest BCUT2D eigenvalue weighted by molar-refractivity contribution is 6.19. The summed E-state index contributed by atoms with van der Waals surface area (Å²) in [7, 11) is 0. The van der Waals surface area contributed by atoms with E-state index in [1.807, 2.05) is 36.4 Å². The van der Waals surface area contributed by atoms with Gasteiger partial charge in [-0.15, -0.1) is 10.2 Å². The Labute approximate surface area is 346 Å². The van der Waals surface area contributed by atoms with Crippen LogP contribution in [-0.2, 0) is 5.41 Å². The molecule has 12 rings (SSSR count). The third kappa shape index (κ3) is 5.19. The van der Waals surface area contributed by atoms with Crippen molar-refractivity contribution in [2.45, 2.75) is 5.41 Å². The molecule has 2 aromatic heterocycles. The number of fused-ring (bicyclic) bond motifs is 8. The van der Waals surface area contributed by atoms with Crippen LogP contribution >= 0.6 is 0 Å². The van der Waals surface area contributed by atoms with Crippen LogP contribution < -0.4 is 0 Å². The van der Waals surface area contributed by atoms with Gasteiger partial charge in [-0.3, -0.25) is 0 Å². The van der Waals surface area contributed by atoms with E-state index < -0.39 is 5.41 Å². The Morgan fingerprint density at radius 1 is 0.417 bits per heavy atom. The molecular weight excluding hydrogens is 731 g/mol. The zero-order chi connectivity index (χ0) is 39.6. The van der Waals surface area contributed by atoms with Gasteiger partial charge in [0.25, 0.3) is 0 Å². The molecule has 60 heavy (non-hydrogen) atoms. The van der Waals surface area contributed by atoms with Crippen LogP contribution in [0.25, 0.3) is 83.3 Å². The molecule has 0 atom stereocenters. The molecule has 0 saturated carbocycles. The molecule has 0 bridgehead atoms. The second-order valence-corrected chi connectivity index (χ2v) is 15.4. The van der Waals surface area contributed by atoms with Crippen molar-refractivity contribution in [3.63, 3.8) is 0 Å². The largest absolute Gasteiger partial charge is 0.228 e. The van der Waals surface area contributed by atoms with Crippen LogP contribution in [0.15, 0.2) is 212 Å². The van der Waals surface area contributed by atoms with E-state index >= 15 is 0 Å². The van der Waals surface area contributed by atoms with E-state index in [1.54, 1.807) is 4.80 Å². The fourth-order valence-electron chi connectivity index (χ4n) is 9.50. The zero-order valence-corrected chi connectivity index (χ0v) is 32.4. The van der Waals surface area contributed by atoms with Gasteiger partial charge < -0.3 is 0 Å². The third-order valence-electron chi connectivity index (χ3n) is 12.2. The summed E-state index contributed by atoms with van der Waals surface area (Å²) in [5.74, 6) is 0.682. The molecule has 0 radical (unpaired) electrons. The first kappa shape index (κ1) is 34.1. The van der Waals surface area contributed by atoms with E-state index in [0.717, 1.165) is 71.9 Å². The lowest BCUT2D eigenvalue weighted by Crippen LogP contribution is -2.28. The number of para-hydroxylation sites is 1. The molecule has 5 heteroatoms. The van der Waals surface area contributed by atoms with E-state index in [0.29, 0.717) is 5.82 Å². The summed E-state index contributed by atoms with van der Waals surface area (Å²) in [5.41, 5.74) is 14.1. The highest BCUT2D eigenvalue weighted by Crippen LogP contribution is 2.58. The molecule has 0 saturated heterocycles. The SMILES string of the molecule is c1ccc(-c2cc(-c3ccc4ccc5ccc6nn(-c7ccccc7)nc6c5c4c3)nc(-c3cccc4c3-c3ccccc3C4(c3ccccc3)c3ccccc3)n2)cc1. The van der Waals surface area contributed by atoms with Gasteiger partial charge in [-0.2, -0.15) is 4.80 Å². The van der Waals surface area contributed by atoms with Crippen LogP contribution in [0.4, 0.5) is 0 Å². The zero-order valence-electron chi connectivity index (χ0n) is 32.4. The Bertz CT molecular complexity index is 3380. The van der Waals surface area contributed by atoms with Gasteiger partial charge in [0.1, 0.15) is 11.0 Å². The molecule has 2 heterocycles. The van der Waals surface area contributed by atoms with Crippen molar-refractivity contribution < 1.29 is 0 Å². The summed E-state index contributed by atoms with van der Waals surface area (Å²) in [4.78, 5) is 12.6. The molecule has 9 aromatic carbocycles. The van der Waals surface area contributed by atoms with E-state index in [2.05, 4.69) is 176 Å². The van der Waals surface area contributed by atoms with Crippen molar-refractivity contribution >= 4 is 32.6 Å². The maximum absolute atomic E-state index is 5.49. The molecule has 0 spiro atoms. The number of benzene rings is 9. The van der Waals surface area contributed by atoms with Gasteiger partial charge in [0.05, 0.1) is 22.5 Å². The summed E-state index contributed by atoms with van der Waals surface area (Å²) >= 11 is 0. The predicted molar refractivity (Wildman–Crippen MR) is 243 cm³/mol. The molecule has 0 N–H and O–H groups in total. The van der Waals surface area contributed by atoms with Crippen molar-refractivity contribution in [3.05, 3.63) is 235 Å². The standard InChI is InChI=1S/C55H35N5/c1-5-16-37(17-6-1)49-35-50(39-31-29-36-28-30-38-32-33-48-53(51(38)45(36)34-39)59-60(58-48)42-22-11-4-12-23-42)57-54(56-49)44-25-15-27-47-52(44)43-24-13-14-26-46(43)55(47,40-18-7-2-8-19-40)41-20-9-3-10-21-41/h1-35H. The maximum Gasteiger partial charge on any atom is 0.161 e. The lowest BCUT2D eigenvalue weighted by Gasteiger charge is -2.33. The first-order chi connectivity index (χ1) is 29.7. The van der Waals surface area contributed by atoms with Crippen LogP contribution in [0.5, 0.6) is 0 Å². The van der Waals surface area contributed by atoms with Crippen molar-refractivity contribution in [3.8, 4) is 50.7 Å². The average Bonchev–Trinajstić information content (AvgIpc) is 3.91. The first-order valence-corrected chi connectivity index (χ1v) is 20.3. The van der Waals surface area contributed by atoms with Crippen LogP contribution in [0.2, 0.25) is 0 Å². The highest BCUT2D eigenvalue weighted by Gasteiger charge is 2.47. The van der Waals surface area contributed by atoms with Crippen molar-refractivity contribution in [1.29, 1.82) is 0 Å². The highest BCUT2D eigenvalue weighted by atomic mass is 15.5. The lowest BCUT2D eigenvalue weighted by molar-refractivity contribution is 0.766. The van der Waals surface area contributed by atoms with Crippen LogP contribution in [-0.4, -0.2) is 25.0 Å². The molecule has 0 amide bonds. The van der Waals surface area contributed by atoms with Crippen molar-refractivity contribution in [2.75, 3.05) is 0 Å². The molecule has 1 aliphatic rings. The topological polar surface area (TPSA) is 56.5 Å². The predicted octanol–water partition coefficient (Wildman–Crippen LogP) is 12.9. The molecule has 0 aliphatic heterocycles. The first-order valence-electron chi connectivity index (χ1n) is 20.3. The molecular formula is C55H35N5. The van der Waals surface area contributed by atoms with Gasteiger partial charge in [-0.1, -0.05) is 182 Å². The lowest BCUT2D eigenvalue weighted by atomic mass is 9.67. The van der Waals surface area contributed by atoms with Gasteiger partial charge in [0.15, 0.2) is 5.82 Å². The van der Waals surface area contributed by atoms with Crippen LogP contribution in [0.3, 0.4) is 0 Å². The average molecular weight is 766 g/mol. The van der Waals surface area contributed by atoms with Gasteiger partial charge in [-0.25, -0.2) is 9.97 Å². The third-order valence-corrected chi connectivity index (χ3v) is 12.2. The van der Waals surface area contributed by atoms with Gasteiger partial charge >= 0.3 is 0 Å². The van der Waals surface area contributed by atoms with Crippen molar-refractivity contribution in [2.24, 2.45) is 0 Å². The summed E-state index contributed by atoms with van der Waals surface area (Å²) in [6.45, 7) is 0. The fourth-order valence-corrected chi connectivity index (χ4v) is 9.50. The Morgan fingerprint density at radius 2 is 1.00 bits per heavy atom. The monoisotopic (exact) mass is 765 g/mol. The quantitative estimate of drug-likeness (QED) is 0.158. The minimum absolute atomic E-state index is 0.530. The van der Waals surface area contributed by atoms with E-state index in [-0.39, 0.29) is 0 Å². The van der Waals surface area contributed by atoms with E-state index in [1.165, 1.54) is 27.8 Å². The summed E-state index contributed by atoms with van der Waals surface area (Å²) in [6.07, 6.45) is 0. The Balaban J connectivity index is 1.10. The number of hydrogen-bond acceptors (Lipinski definition) is 4. The minimum atomic E-state index is -0.530. The second-order valence-electron chi connectivity index (χ2n) is 15.4. The molecule has 1 aliphatic carbocycles. The summed E-state index contributed by atoms with van der Waals surface area (Å²) in [5, 5.41) is 14.4. The smallest absolute Gasteiger partial charge is 0.161 e. The van der Waals surface area contributed by atoms with Crippen LogP contribution in [0, 0.1) is 0 Å².